The number of phosphoric acid groups is 1. The van der Waals surface area contributed by atoms with Crippen molar-refractivity contribution in [2.45, 2.75) is 309 Å². The van der Waals surface area contributed by atoms with E-state index in [2.05, 4.69) is 99.0 Å². The number of allylic oxidation sites excluding steroid dienone is 13. The van der Waals surface area contributed by atoms with Crippen molar-refractivity contribution < 1.29 is 37.3 Å². The van der Waals surface area contributed by atoms with E-state index >= 15 is 0 Å². The van der Waals surface area contributed by atoms with Gasteiger partial charge in [-0.05, 0) is 96.0 Å². The third-order valence-electron chi connectivity index (χ3n) is 14.6. The minimum atomic E-state index is -4.47. The number of nitrogens with one attached hydrogen (secondary N) is 1. The second-order valence-corrected chi connectivity index (χ2v) is 25.1. The van der Waals surface area contributed by atoms with E-state index in [-0.39, 0.29) is 31.5 Å². The molecule has 0 aliphatic carbocycles. The molecule has 0 aliphatic rings. The average Bonchev–Trinajstić information content (AvgIpc) is 3.42. The summed E-state index contributed by atoms with van der Waals surface area (Å²) in [6, 6.07) is -0.874. The summed E-state index contributed by atoms with van der Waals surface area (Å²) in [4.78, 5) is 37.8. The zero-order valence-corrected chi connectivity index (χ0v) is 54.0. The van der Waals surface area contributed by atoms with E-state index < -0.39 is 20.0 Å². The van der Waals surface area contributed by atoms with E-state index in [4.69, 9.17) is 13.8 Å². The lowest BCUT2D eigenvalue weighted by atomic mass is 10.0. The molecular weight excluding hydrogens is 1010 g/mol. The van der Waals surface area contributed by atoms with Crippen LogP contribution in [0.1, 0.15) is 297 Å². The molecule has 0 rings (SSSR count). The fraction of sp³-hybridized carbons (Fsp3) is 0.771. The molecule has 9 nitrogen and oxygen atoms in total. The Morgan fingerprint density at radius 3 is 1.24 bits per heavy atom. The van der Waals surface area contributed by atoms with Crippen LogP contribution in [-0.4, -0.2) is 74.3 Å². The van der Waals surface area contributed by atoms with E-state index in [1.165, 1.54) is 180 Å². The first-order valence-electron chi connectivity index (χ1n) is 33.4. The number of quaternary nitrogens is 1. The predicted molar refractivity (Wildman–Crippen MR) is 346 cm³/mol. The van der Waals surface area contributed by atoms with Gasteiger partial charge < -0.3 is 19.4 Å². The highest BCUT2D eigenvalue weighted by Gasteiger charge is 2.30. The van der Waals surface area contributed by atoms with Crippen molar-refractivity contribution in [3.05, 3.63) is 85.1 Å². The van der Waals surface area contributed by atoms with Crippen LogP contribution in [0.5, 0.6) is 0 Å². The Morgan fingerprint density at radius 1 is 0.450 bits per heavy atom. The molecule has 80 heavy (non-hydrogen) atoms. The molecule has 0 bridgehead atoms. The topological polar surface area (TPSA) is 111 Å². The standard InChI is InChI=1S/C70H127N2O7P/c1-7-10-13-16-19-22-25-28-30-32-33-34-35-36-37-38-39-41-42-44-47-50-53-56-59-62-69(73)71-67(66-78-80(75,76)77-65-64-72(4,5)6)68(61-58-55-52-49-46-27-24-21-18-15-12-9-3)79-70(74)63-60-57-54-51-48-45-43-40-31-29-26-23-20-17-14-11-8-2/h11,14,20,23,28-31,43,45,51,54,58,61,67-68H,7-10,12-13,15-19,21-22,24-27,32-42,44,46-50,52-53,55-57,59-60,62-66H2,1-6H3,(H-,71,73,75,76)/p+1/b14-11-,23-20-,30-28+,31-29-,45-43-,54-51-,61-58-. The number of carbonyl (C=O) groups is 2. The van der Waals surface area contributed by atoms with Crippen molar-refractivity contribution in [3.8, 4) is 0 Å². The Kier molecular flexibility index (Phi) is 57.3. The van der Waals surface area contributed by atoms with Crippen LogP contribution in [0.15, 0.2) is 85.1 Å². The summed E-state index contributed by atoms with van der Waals surface area (Å²) >= 11 is 0. The van der Waals surface area contributed by atoms with Crippen LogP contribution in [0, 0.1) is 0 Å². The first-order valence-corrected chi connectivity index (χ1v) is 34.9. The molecule has 0 heterocycles. The molecule has 0 aromatic heterocycles. The van der Waals surface area contributed by atoms with Crippen molar-refractivity contribution in [2.75, 3.05) is 40.9 Å². The van der Waals surface area contributed by atoms with Gasteiger partial charge in [0.1, 0.15) is 19.3 Å². The molecule has 0 radical (unpaired) electrons. The normalized spacial score (nSPS) is 14.1. The summed E-state index contributed by atoms with van der Waals surface area (Å²) in [6.07, 6.45) is 78.9. The fourth-order valence-electron chi connectivity index (χ4n) is 9.44. The van der Waals surface area contributed by atoms with Gasteiger partial charge in [0.25, 0.3) is 0 Å². The second kappa shape index (κ2) is 59.4. The van der Waals surface area contributed by atoms with E-state index in [0.29, 0.717) is 23.9 Å². The van der Waals surface area contributed by atoms with E-state index in [1.54, 1.807) is 0 Å². The van der Waals surface area contributed by atoms with Gasteiger partial charge in [0, 0.05) is 12.8 Å². The highest BCUT2D eigenvalue weighted by Crippen LogP contribution is 2.43. The Balaban J connectivity index is 5.15. The van der Waals surface area contributed by atoms with Crippen molar-refractivity contribution in [1.82, 2.24) is 5.32 Å². The van der Waals surface area contributed by atoms with Gasteiger partial charge in [0.15, 0.2) is 0 Å². The smallest absolute Gasteiger partial charge is 0.456 e. The van der Waals surface area contributed by atoms with Gasteiger partial charge in [-0.3, -0.25) is 18.6 Å². The number of phosphoric ester groups is 1. The molecule has 2 N–H and O–H groups in total. The van der Waals surface area contributed by atoms with E-state index in [9.17, 15) is 19.0 Å². The first-order chi connectivity index (χ1) is 38.9. The minimum Gasteiger partial charge on any atom is -0.456 e. The zero-order chi connectivity index (χ0) is 58.6. The highest BCUT2D eigenvalue weighted by atomic mass is 31.2. The summed E-state index contributed by atoms with van der Waals surface area (Å²) < 4.78 is 30.7. The Hall–Kier alpha value is -2.81. The number of ether oxygens (including phenoxy) is 1. The molecule has 0 aliphatic heterocycles. The molecular formula is C70H128N2O7P+. The van der Waals surface area contributed by atoms with Crippen molar-refractivity contribution in [1.29, 1.82) is 0 Å². The quantitative estimate of drug-likeness (QED) is 0.0205. The van der Waals surface area contributed by atoms with Gasteiger partial charge in [-0.25, -0.2) is 4.57 Å². The van der Waals surface area contributed by atoms with Gasteiger partial charge in [-0.15, -0.1) is 0 Å². The number of unbranched alkanes of at least 4 members (excludes halogenated alkanes) is 32. The molecule has 3 atom stereocenters. The first kappa shape index (κ1) is 77.2. The number of likely N-dealkylation sites (N-methyl/N-ethyl adjacent to an activating group) is 1. The molecule has 10 heteroatoms. The summed E-state index contributed by atoms with van der Waals surface area (Å²) in [6.45, 7) is 6.87. The maximum absolute atomic E-state index is 13.6. The Morgan fingerprint density at radius 2 is 0.812 bits per heavy atom. The van der Waals surface area contributed by atoms with E-state index in [1.807, 2.05) is 33.3 Å². The van der Waals surface area contributed by atoms with Gasteiger partial charge in [0.05, 0.1) is 33.8 Å². The van der Waals surface area contributed by atoms with Gasteiger partial charge in [-0.2, -0.15) is 0 Å². The van der Waals surface area contributed by atoms with Crippen LogP contribution >= 0.6 is 7.82 Å². The fourth-order valence-corrected chi connectivity index (χ4v) is 10.2. The number of esters is 1. The molecule has 1 amide bonds. The van der Waals surface area contributed by atoms with Crippen LogP contribution in [0.4, 0.5) is 0 Å². The van der Waals surface area contributed by atoms with Gasteiger partial charge in [0.2, 0.25) is 5.91 Å². The van der Waals surface area contributed by atoms with Crippen molar-refractivity contribution >= 4 is 19.7 Å². The number of rotatable bonds is 60. The van der Waals surface area contributed by atoms with Gasteiger partial charge >= 0.3 is 13.8 Å². The summed E-state index contributed by atoms with van der Waals surface area (Å²) in [5, 5.41) is 3.05. The lowest BCUT2D eigenvalue weighted by Crippen LogP contribution is -2.47. The largest absolute Gasteiger partial charge is 0.472 e. The Bertz CT molecular complexity index is 1640. The van der Waals surface area contributed by atoms with Crippen LogP contribution in [0.25, 0.3) is 0 Å². The van der Waals surface area contributed by atoms with Crippen LogP contribution in [-0.2, 0) is 27.9 Å². The zero-order valence-electron chi connectivity index (χ0n) is 53.1. The third-order valence-corrected chi connectivity index (χ3v) is 15.6. The third kappa shape index (κ3) is 59.8. The lowest BCUT2D eigenvalue weighted by Gasteiger charge is -2.27. The highest BCUT2D eigenvalue weighted by molar-refractivity contribution is 7.47. The summed E-state index contributed by atoms with van der Waals surface area (Å²) in [7, 11) is 1.46. The summed E-state index contributed by atoms with van der Waals surface area (Å²) in [5.74, 6) is -0.568. The van der Waals surface area contributed by atoms with Gasteiger partial charge in [-0.1, -0.05) is 273 Å². The minimum absolute atomic E-state index is 0.0293. The average molecular weight is 1140 g/mol. The van der Waals surface area contributed by atoms with Crippen LogP contribution in [0.2, 0.25) is 0 Å². The maximum Gasteiger partial charge on any atom is 0.472 e. The number of hydrogen-bond acceptors (Lipinski definition) is 6. The van der Waals surface area contributed by atoms with Crippen molar-refractivity contribution in [2.24, 2.45) is 0 Å². The van der Waals surface area contributed by atoms with Crippen LogP contribution < -0.4 is 5.32 Å². The number of nitrogens with zero attached hydrogens (tertiary/aromatic N) is 1. The lowest BCUT2D eigenvalue weighted by molar-refractivity contribution is -0.870. The molecule has 0 saturated carbocycles. The maximum atomic E-state index is 13.6. The molecule has 0 saturated heterocycles. The molecule has 0 aromatic carbocycles. The van der Waals surface area contributed by atoms with E-state index in [0.717, 1.165) is 77.0 Å². The second-order valence-electron chi connectivity index (χ2n) is 23.6. The molecule has 464 valence electrons. The molecule has 0 fully saturated rings. The Labute approximate surface area is 495 Å². The number of hydrogen-bond donors (Lipinski definition) is 2. The van der Waals surface area contributed by atoms with Crippen LogP contribution in [0.3, 0.4) is 0 Å². The van der Waals surface area contributed by atoms with Crippen molar-refractivity contribution in [3.63, 3.8) is 0 Å². The molecule has 0 spiro atoms. The molecule has 3 unspecified atom stereocenters. The molecule has 0 aromatic rings. The number of amides is 1. The summed E-state index contributed by atoms with van der Waals surface area (Å²) in [5.41, 5.74) is 0. The predicted octanol–water partition coefficient (Wildman–Crippen LogP) is 21.0. The number of carbonyl (C=O) groups excluding carboxylic acids is 2. The monoisotopic (exact) mass is 1140 g/mol. The SMILES string of the molecule is CC/C=C\C/C=C\C/C=C\C/C=C\C/C=C\CCCC(=O)OC(/C=C\CCCCCCCCCCCC)C(COP(=O)(O)OCC[N+](C)(C)C)NC(=O)CCCCCCCCCCCCCCCCC/C=C/CCCCCCCC.